The van der Waals surface area contributed by atoms with E-state index in [2.05, 4.69) is 27.7 Å². The fourth-order valence-electron chi connectivity index (χ4n) is 2.55. The summed E-state index contributed by atoms with van der Waals surface area (Å²) in [5, 5.41) is 2.21. The maximum atomic E-state index is 6.00. The molecule has 3 nitrogen and oxygen atoms in total. The van der Waals surface area contributed by atoms with Crippen LogP contribution >= 0.6 is 34.9 Å². The number of fused-ring (bicyclic) bond motifs is 3. The average molecular weight is 369 g/mol. The fraction of sp³-hybridized carbons (Fsp3) is 0.647. The second kappa shape index (κ2) is 7.30. The number of hydrogen-bond donors (Lipinski definition) is 0. The molecular weight excluding hydrogens is 344 g/mol. The number of nitrogens with zero attached hydrogens (tertiary/aromatic N) is 2. The molecule has 3 heterocycles. The molecule has 3 rings (SSSR count). The van der Waals surface area contributed by atoms with Crippen molar-refractivity contribution in [3.63, 3.8) is 0 Å². The Labute approximate surface area is 151 Å². The first-order valence-electron chi connectivity index (χ1n) is 8.26. The highest BCUT2D eigenvalue weighted by Gasteiger charge is 2.30. The van der Waals surface area contributed by atoms with Crippen molar-refractivity contribution in [1.82, 2.24) is 9.97 Å². The van der Waals surface area contributed by atoms with E-state index in [1.165, 1.54) is 10.4 Å². The Morgan fingerprint density at radius 3 is 2.39 bits per heavy atom. The molecule has 2 aromatic rings. The highest BCUT2D eigenvalue weighted by molar-refractivity contribution is 8.02. The third-order valence-electron chi connectivity index (χ3n) is 3.72. The molecule has 0 bridgehead atoms. The zero-order valence-electron chi connectivity index (χ0n) is 14.3. The topological polar surface area (TPSA) is 35.0 Å². The van der Waals surface area contributed by atoms with Crippen molar-refractivity contribution in [2.24, 2.45) is 0 Å². The van der Waals surface area contributed by atoms with E-state index in [0.29, 0.717) is 6.61 Å². The van der Waals surface area contributed by atoms with Crippen LogP contribution in [0.4, 0.5) is 0 Å². The second-order valence-corrected chi connectivity index (χ2v) is 9.66. The van der Waals surface area contributed by atoms with Crippen LogP contribution in [0.15, 0.2) is 10.1 Å². The van der Waals surface area contributed by atoms with Gasteiger partial charge >= 0.3 is 0 Å². The van der Waals surface area contributed by atoms with E-state index in [9.17, 15) is 0 Å². The van der Waals surface area contributed by atoms with E-state index < -0.39 is 0 Å². The van der Waals surface area contributed by atoms with Gasteiger partial charge in [0.15, 0.2) is 0 Å². The van der Waals surface area contributed by atoms with Crippen molar-refractivity contribution in [3.05, 3.63) is 10.4 Å². The normalized spacial score (nSPS) is 16.7. The number of hydrogen-bond acceptors (Lipinski definition) is 6. The summed E-state index contributed by atoms with van der Waals surface area (Å²) in [5.74, 6) is 2.19. The Kier molecular flexibility index (Phi) is 5.56. The first-order chi connectivity index (χ1) is 11.0. The summed E-state index contributed by atoms with van der Waals surface area (Å²) in [6.45, 7) is 9.40. The molecule has 0 N–H and O–H groups in total. The molecule has 0 atom stereocenters. The molecule has 23 heavy (non-hydrogen) atoms. The molecule has 0 saturated heterocycles. The van der Waals surface area contributed by atoms with Crippen LogP contribution in [0.1, 0.15) is 51.0 Å². The Bertz CT molecular complexity index is 697. The molecule has 2 aromatic heterocycles. The molecule has 0 radical (unpaired) electrons. The number of ether oxygens (including phenoxy) is 1. The third-order valence-corrected chi connectivity index (χ3v) is 7.31. The number of thiophene rings is 1. The van der Waals surface area contributed by atoms with Gasteiger partial charge in [-0.15, -0.1) is 34.9 Å². The van der Waals surface area contributed by atoms with E-state index in [1.54, 1.807) is 11.3 Å². The highest BCUT2D eigenvalue weighted by Crippen LogP contribution is 2.40. The monoisotopic (exact) mass is 368 g/mol. The summed E-state index contributed by atoms with van der Waals surface area (Å²) in [6.07, 6.45) is 3.27. The van der Waals surface area contributed by atoms with Crippen LogP contribution in [0.5, 0.6) is 0 Å². The summed E-state index contributed by atoms with van der Waals surface area (Å²) in [5.41, 5.74) is 2.26. The van der Waals surface area contributed by atoms with Crippen LogP contribution in [-0.4, -0.2) is 27.1 Å². The summed E-state index contributed by atoms with van der Waals surface area (Å²) in [7, 11) is 0. The van der Waals surface area contributed by atoms with E-state index >= 15 is 0 Å². The molecular formula is C17H24N2OS3. The van der Waals surface area contributed by atoms with Gasteiger partial charge in [-0.1, -0.05) is 13.8 Å². The van der Waals surface area contributed by atoms with E-state index in [1.807, 2.05) is 23.5 Å². The SMILES string of the molecule is CCCSc1nc2sc3c(c2nc1SCCC)COC(C)(C)C3. The molecule has 126 valence electrons. The van der Waals surface area contributed by atoms with Gasteiger partial charge in [0, 0.05) is 16.9 Å². The molecule has 0 amide bonds. The molecule has 1 aliphatic rings. The minimum atomic E-state index is -0.0759. The second-order valence-electron chi connectivity index (χ2n) is 6.41. The third kappa shape index (κ3) is 3.86. The lowest BCUT2D eigenvalue weighted by Gasteiger charge is -2.29. The van der Waals surface area contributed by atoms with Crippen molar-refractivity contribution in [2.75, 3.05) is 11.5 Å². The average Bonchev–Trinajstić information content (AvgIpc) is 2.85. The standard InChI is InChI=1S/C17H24N2OS3/c1-5-7-21-15-16(22-8-6-2)19-14-13(18-15)11-10-20-17(3,4)9-12(11)23-14/h5-10H2,1-4H3. The molecule has 0 aliphatic carbocycles. The zero-order valence-corrected chi connectivity index (χ0v) is 16.7. The van der Waals surface area contributed by atoms with Crippen LogP contribution < -0.4 is 0 Å². The van der Waals surface area contributed by atoms with E-state index in [-0.39, 0.29) is 5.60 Å². The predicted molar refractivity (Wildman–Crippen MR) is 102 cm³/mol. The van der Waals surface area contributed by atoms with Crippen LogP contribution in [0.3, 0.4) is 0 Å². The summed E-state index contributed by atoms with van der Waals surface area (Å²) in [6, 6.07) is 0. The van der Waals surface area contributed by atoms with Crippen LogP contribution in [0.25, 0.3) is 10.3 Å². The largest absolute Gasteiger partial charge is 0.370 e. The zero-order chi connectivity index (χ0) is 16.4. The van der Waals surface area contributed by atoms with Gasteiger partial charge in [-0.25, -0.2) is 9.97 Å². The van der Waals surface area contributed by atoms with E-state index in [0.717, 1.165) is 51.2 Å². The number of thioether (sulfide) groups is 2. The predicted octanol–water partition coefficient (Wildman–Crippen LogP) is 5.55. The van der Waals surface area contributed by atoms with Crippen molar-refractivity contribution in [2.45, 2.75) is 69.2 Å². The van der Waals surface area contributed by atoms with Crippen molar-refractivity contribution < 1.29 is 4.74 Å². The van der Waals surface area contributed by atoms with Gasteiger partial charge in [0.05, 0.1) is 12.2 Å². The smallest absolute Gasteiger partial charge is 0.143 e. The summed E-state index contributed by atoms with van der Waals surface area (Å²) in [4.78, 5) is 12.4. The molecule has 1 aliphatic heterocycles. The van der Waals surface area contributed by atoms with Crippen molar-refractivity contribution in [1.29, 1.82) is 0 Å². The van der Waals surface area contributed by atoms with Crippen molar-refractivity contribution >= 4 is 45.2 Å². The summed E-state index contributed by atoms with van der Waals surface area (Å²) >= 11 is 5.48. The minimum absolute atomic E-state index is 0.0759. The van der Waals surface area contributed by atoms with Gasteiger partial charge in [-0.3, -0.25) is 0 Å². The molecule has 0 saturated carbocycles. The van der Waals surface area contributed by atoms with Gasteiger partial charge < -0.3 is 4.74 Å². The lowest BCUT2D eigenvalue weighted by atomic mass is 9.98. The molecule has 0 aromatic carbocycles. The van der Waals surface area contributed by atoms with Gasteiger partial charge in [0.2, 0.25) is 0 Å². The van der Waals surface area contributed by atoms with Gasteiger partial charge in [-0.05, 0) is 38.2 Å². The Hall–Kier alpha value is -0.300. The van der Waals surface area contributed by atoms with Gasteiger partial charge in [0.25, 0.3) is 0 Å². The Balaban J connectivity index is 2.02. The molecule has 0 spiro atoms. The van der Waals surface area contributed by atoms with Crippen LogP contribution in [-0.2, 0) is 17.8 Å². The fourth-order valence-corrected chi connectivity index (χ4v) is 5.74. The van der Waals surface area contributed by atoms with Crippen molar-refractivity contribution in [3.8, 4) is 0 Å². The highest BCUT2D eigenvalue weighted by atomic mass is 32.2. The maximum Gasteiger partial charge on any atom is 0.143 e. The number of rotatable bonds is 6. The number of aromatic nitrogens is 2. The van der Waals surface area contributed by atoms with Gasteiger partial charge in [0.1, 0.15) is 20.4 Å². The molecule has 0 fully saturated rings. The molecule has 6 heteroatoms. The Morgan fingerprint density at radius 2 is 1.74 bits per heavy atom. The first kappa shape index (κ1) is 17.5. The molecule has 0 unspecified atom stereocenters. The quantitative estimate of drug-likeness (QED) is 0.625. The van der Waals surface area contributed by atoms with Gasteiger partial charge in [-0.2, -0.15) is 0 Å². The van der Waals surface area contributed by atoms with E-state index in [4.69, 9.17) is 14.7 Å². The lowest BCUT2D eigenvalue weighted by Crippen LogP contribution is -2.30. The minimum Gasteiger partial charge on any atom is -0.370 e. The summed E-state index contributed by atoms with van der Waals surface area (Å²) < 4.78 is 6.00. The maximum absolute atomic E-state index is 6.00. The Morgan fingerprint density at radius 1 is 1.09 bits per heavy atom. The lowest BCUT2D eigenvalue weighted by molar-refractivity contribution is -0.0383. The first-order valence-corrected chi connectivity index (χ1v) is 11.0. The van der Waals surface area contributed by atoms with Crippen LogP contribution in [0.2, 0.25) is 0 Å². The van der Waals surface area contributed by atoms with Crippen LogP contribution in [0, 0.1) is 0 Å².